The Balaban J connectivity index is 1.69. The molecule has 1 fully saturated rings. The molecular weight excluding hydrogens is 302 g/mol. The van der Waals surface area contributed by atoms with Crippen molar-refractivity contribution in [3.63, 3.8) is 0 Å². The number of furan rings is 1. The number of benzene rings is 1. The minimum Gasteiger partial charge on any atom is -0.460 e. The molecule has 22 heavy (non-hydrogen) atoms. The predicted molar refractivity (Wildman–Crippen MR) is 85.6 cm³/mol. The van der Waals surface area contributed by atoms with Crippen molar-refractivity contribution < 1.29 is 14.6 Å². The van der Waals surface area contributed by atoms with Crippen LogP contribution in [0.1, 0.15) is 12.2 Å². The van der Waals surface area contributed by atoms with Crippen LogP contribution < -0.4 is 0 Å². The second kappa shape index (κ2) is 6.84. The van der Waals surface area contributed by atoms with Crippen LogP contribution in [-0.2, 0) is 6.54 Å². The lowest BCUT2D eigenvalue weighted by atomic mass is 9.95. The Morgan fingerprint density at radius 2 is 2.05 bits per heavy atom. The highest BCUT2D eigenvalue weighted by atomic mass is 35.5. The minimum absolute atomic E-state index is 0.0146. The zero-order valence-electron chi connectivity index (χ0n) is 12.3. The third kappa shape index (κ3) is 3.36. The largest absolute Gasteiger partial charge is 0.460 e. The van der Waals surface area contributed by atoms with E-state index in [9.17, 15) is 10.2 Å². The highest BCUT2D eigenvalue weighted by Crippen LogP contribution is 2.29. The van der Waals surface area contributed by atoms with Gasteiger partial charge in [0, 0.05) is 31.2 Å². The summed E-state index contributed by atoms with van der Waals surface area (Å²) < 4.78 is 5.90. The van der Waals surface area contributed by atoms with Crippen molar-refractivity contribution >= 4 is 11.6 Å². The summed E-state index contributed by atoms with van der Waals surface area (Å²) in [5.41, 5.74) is 0.887. The van der Waals surface area contributed by atoms with E-state index in [0.29, 0.717) is 24.5 Å². The van der Waals surface area contributed by atoms with Crippen LogP contribution in [0.5, 0.6) is 0 Å². The fraction of sp³-hybridized carbons (Fsp3) is 0.412. The summed E-state index contributed by atoms with van der Waals surface area (Å²) in [5.74, 6) is 1.55. The van der Waals surface area contributed by atoms with Crippen molar-refractivity contribution in [1.82, 2.24) is 4.90 Å². The lowest BCUT2D eigenvalue weighted by Crippen LogP contribution is -2.44. The van der Waals surface area contributed by atoms with E-state index < -0.39 is 6.10 Å². The van der Waals surface area contributed by atoms with Gasteiger partial charge < -0.3 is 14.6 Å². The second-order valence-electron chi connectivity index (χ2n) is 5.78. The molecule has 0 radical (unpaired) electrons. The summed E-state index contributed by atoms with van der Waals surface area (Å²) in [6, 6.07) is 11.5. The molecule has 0 saturated carbocycles. The molecule has 1 aliphatic rings. The Bertz CT molecular complexity index is 628. The predicted octanol–water partition coefficient (Wildman–Crippen LogP) is 2.78. The molecule has 1 aromatic carbocycles. The van der Waals surface area contributed by atoms with Gasteiger partial charge in [0.2, 0.25) is 0 Å². The number of aliphatic hydroxyl groups is 2. The number of halogens is 1. The normalized spacial score (nSPS) is 22.9. The molecular formula is C17H20ClNO3. The van der Waals surface area contributed by atoms with Gasteiger partial charge in [-0.05, 0) is 30.7 Å². The van der Waals surface area contributed by atoms with Gasteiger partial charge in [-0.3, -0.25) is 4.90 Å². The maximum Gasteiger partial charge on any atom is 0.135 e. The van der Waals surface area contributed by atoms with Gasteiger partial charge in [-0.2, -0.15) is 0 Å². The van der Waals surface area contributed by atoms with Crippen LogP contribution in [0.25, 0.3) is 11.3 Å². The molecule has 0 unspecified atom stereocenters. The molecule has 1 saturated heterocycles. The molecule has 5 heteroatoms. The first-order chi connectivity index (χ1) is 10.7. The quantitative estimate of drug-likeness (QED) is 0.909. The molecule has 2 heterocycles. The van der Waals surface area contributed by atoms with Crippen LogP contribution in [0.15, 0.2) is 40.8 Å². The zero-order chi connectivity index (χ0) is 15.5. The van der Waals surface area contributed by atoms with Crippen LogP contribution >= 0.6 is 11.6 Å². The summed E-state index contributed by atoms with van der Waals surface area (Å²) in [6.07, 6.45) is 0.278. The van der Waals surface area contributed by atoms with Gasteiger partial charge in [0.1, 0.15) is 11.5 Å². The molecule has 0 aliphatic carbocycles. The van der Waals surface area contributed by atoms with Crippen LogP contribution in [0.3, 0.4) is 0 Å². The van der Waals surface area contributed by atoms with Crippen LogP contribution in [0.2, 0.25) is 5.02 Å². The average molecular weight is 322 g/mol. The molecule has 2 N–H and O–H groups in total. The average Bonchev–Trinajstić information content (AvgIpc) is 2.98. The lowest BCUT2D eigenvalue weighted by Gasteiger charge is -2.34. The number of likely N-dealkylation sites (tertiary alicyclic amines) is 1. The van der Waals surface area contributed by atoms with Gasteiger partial charge in [0.15, 0.2) is 0 Å². The Labute approximate surface area is 134 Å². The third-order valence-electron chi connectivity index (χ3n) is 4.19. The maximum atomic E-state index is 9.81. The van der Waals surface area contributed by atoms with Crippen molar-refractivity contribution in [3.8, 4) is 11.3 Å². The fourth-order valence-electron chi connectivity index (χ4n) is 2.91. The Morgan fingerprint density at radius 1 is 1.23 bits per heavy atom. The molecule has 1 aromatic heterocycles. The van der Waals surface area contributed by atoms with Gasteiger partial charge in [-0.1, -0.05) is 23.7 Å². The summed E-state index contributed by atoms with van der Waals surface area (Å²) in [5, 5.41) is 19.8. The summed E-state index contributed by atoms with van der Waals surface area (Å²) in [6.45, 7) is 2.17. The molecule has 3 rings (SSSR count). The number of nitrogens with zero attached hydrogens (tertiary/aromatic N) is 1. The topological polar surface area (TPSA) is 56.8 Å². The molecule has 1 aliphatic heterocycles. The van der Waals surface area contributed by atoms with E-state index in [-0.39, 0.29) is 12.5 Å². The molecule has 2 aromatic rings. The standard InChI is InChI=1S/C17H20ClNO3/c18-15-4-2-1-3-14(15)17-6-5-13(22-17)10-19-8-7-16(21)12(9-19)11-20/h1-6,12,16,20-21H,7-11H2/t12-,16-/m0/s1. The van der Waals surface area contributed by atoms with Crippen molar-refractivity contribution in [2.45, 2.75) is 19.1 Å². The van der Waals surface area contributed by atoms with E-state index in [4.69, 9.17) is 16.0 Å². The lowest BCUT2D eigenvalue weighted by molar-refractivity contribution is -0.00371. The first-order valence-electron chi connectivity index (χ1n) is 7.52. The number of rotatable bonds is 4. The fourth-order valence-corrected chi connectivity index (χ4v) is 3.14. The smallest absolute Gasteiger partial charge is 0.135 e. The van der Waals surface area contributed by atoms with Gasteiger partial charge in [0.25, 0.3) is 0 Å². The number of piperidine rings is 1. The van der Waals surface area contributed by atoms with Crippen molar-refractivity contribution in [2.24, 2.45) is 5.92 Å². The first-order valence-corrected chi connectivity index (χ1v) is 7.90. The highest BCUT2D eigenvalue weighted by Gasteiger charge is 2.27. The van der Waals surface area contributed by atoms with E-state index in [1.54, 1.807) is 0 Å². The van der Waals surface area contributed by atoms with Crippen LogP contribution in [-0.4, -0.2) is 40.9 Å². The van der Waals surface area contributed by atoms with Crippen LogP contribution in [0, 0.1) is 5.92 Å². The second-order valence-corrected chi connectivity index (χ2v) is 6.19. The Kier molecular flexibility index (Phi) is 4.84. The Morgan fingerprint density at radius 3 is 2.82 bits per heavy atom. The minimum atomic E-state index is -0.406. The van der Waals surface area contributed by atoms with Gasteiger partial charge in [-0.15, -0.1) is 0 Å². The number of aliphatic hydroxyl groups excluding tert-OH is 2. The van der Waals surface area contributed by atoms with Gasteiger partial charge in [-0.25, -0.2) is 0 Å². The molecule has 0 spiro atoms. The van der Waals surface area contributed by atoms with Gasteiger partial charge >= 0.3 is 0 Å². The third-order valence-corrected chi connectivity index (χ3v) is 4.52. The molecule has 0 bridgehead atoms. The summed E-state index contributed by atoms with van der Waals surface area (Å²) in [4.78, 5) is 2.20. The van der Waals surface area contributed by atoms with Gasteiger partial charge in [0.05, 0.1) is 17.7 Å². The number of hydrogen-bond acceptors (Lipinski definition) is 4. The number of hydrogen-bond donors (Lipinski definition) is 2. The van der Waals surface area contributed by atoms with Crippen molar-refractivity contribution in [2.75, 3.05) is 19.7 Å². The SMILES string of the molecule is OC[C@@H]1CN(Cc2ccc(-c3ccccc3Cl)o2)CC[C@@H]1O. The molecule has 4 nitrogen and oxygen atoms in total. The van der Waals surface area contributed by atoms with E-state index in [1.165, 1.54) is 0 Å². The Hall–Kier alpha value is -1.33. The summed E-state index contributed by atoms with van der Waals surface area (Å²) >= 11 is 6.19. The van der Waals surface area contributed by atoms with Crippen molar-refractivity contribution in [1.29, 1.82) is 0 Å². The molecule has 118 valence electrons. The van der Waals surface area contributed by atoms with Crippen molar-refractivity contribution in [3.05, 3.63) is 47.2 Å². The maximum absolute atomic E-state index is 9.81. The van der Waals surface area contributed by atoms with E-state index in [1.807, 2.05) is 36.4 Å². The first kappa shape index (κ1) is 15.6. The van der Waals surface area contributed by atoms with Crippen LogP contribution in [0.4, 0.5) is 0 Å². The van der Waals surface area contributed by atoms with E-state index in [0.717, 1.165) is 23.6 Å². The molecule has 2 atom stereocenters. The van der Waals surface area contributed by atoms with E-state index in [2.05, 4.69) is 4.90 Å². The monoisotopic (exact) mass is 321 g/mol. The zero-order valence-corrected chi connectivity index (χ0v) is 13.0. The van der Waals surface area contributed by atoms with E-state index >= 15 is 0 Å². The summed E-state index contributed by atoms with van der Waals surface area (Å²) in [7, 11) is 0. The highest BCUT2D eigenvalue weighted by molar-refractivity contribution is 6.33. The molecule has 0 amide bonds.